The van der Waals surface area contributed by atoms with Gasteiger partial charge in [0.05, 0.1) is 12.3 Å². The number of nitrogens with one attached hydrogen (secondary N) is 1. The maximum atomic E-state index is 5.73. The lowest BCUT2D eigenvalue weighted by Gasteiger charge is -2.23. The van der Waals surface area contributed by atoms with Gasteiger partial charge in [-0.05, 0) is 50.3 Å². The zero-order chi connectivity index (χ0) is 14.3. The van der Waals surface area contributed by atoms with Crippen LogP contribution in [0.2, 0.25) is 0 Å². The molecule has 108 valence electrons. The van der Waals surface area contributed by atoms with Gasteiger partial charge in [-0.3, -0.25) is 0 Å². The number of ether oxygens (including phenoxy) is 1. The zero-order valence-corrected chi connectivity index (χ0v) is 13.1. The lowest BCUT2D eigenvalue weighted by molar-refractivity contribution is 0.340. The lowest BCUT2D eigenvalue weighted by Crippen LogP contribution is -2.21. The molecule has 0 heterocycles. The SMILES string of the molecule is CCOc1cc(C)ccc1NC(CC)CC(C)CC. The Morgan fingerprint density at radius 3 is 2.47 bits per heavy atom. The van der Waals surface area contributed by atoms with Crippen LogP contribution in [-0.2, 0) is 0 Å². The van der Waals surface area contributed by atoms with Crippen LogP contribution in [0.5, 0.6) is 5.75 Å². The molecule has 0 saturated heterocycles. The first-order valence-corrected chi connectivity index (χ1v) is 7.60. The summed E-state index contributed by atoms with van der Waals surface area (Å²) in [5.74, 6) is 1.74. The number of hydrogen-bond acceptors (Lipinski definition) is 2. The summed E-state index contributed by atoms with van der Waals surface area (Å²) in [6.07, 6.45) is 3.60. The Morgan fingerprint density at radius 2 is 1.89 bits per heavy atom. The fourth-order valence-corrected chi connectivity index (χ4v) is 2.22. The predicted molar refractivity (Wildman–Crippen MR) is 84.1 cm³/mol. The molecule has 19 heavy (non-hydrogen) atoms. The van der Waals surface area contributed by atoms with Crippen LogP contribution in [0.4, 0.5) is 5.69 Å². The van der Waals surface area contributed by atoms with Gasteiger partial charge >= 0.3 is 0 Å². The summed E-state index contributed by atoms with van der Waals surface area (Å²) < 4.78 is 5.73. The molecule has 2 unspecified atom stereocenters. The minimum atomic E-state index is 0.525. The molecule has 0 amide bonds. The molecule has 0 bridgehead atoms. The average molecular weight is 263 g/mol. The molecule has 0 fully saturated rings. The summed E-state index contributed by atoms with van der Waals surface area (Å²) in [6, 6.07) is 6.92. The van der Waals surface area contributed by atoms with Gasteiger partial charge in [0.15, 0.2) is 0 Å². The molecule has 0 spiro atoms. The van der Waals surface area contributed by atoms with Crippen molar-refractivity contribution in [1.82, 2.24) is 0 Å². The van der Waals surface area contributed by atoms with E-state index in [0.717, 1.165) is 23.8 Å². The van der Waals surface area contributed by atoms with Crippen molar-refractivity contribution in [3.05, 3.63) is 23.8 Å². The molecule has 1 rings (SSSR count). The van der Waals surface area contributed by atoms with E-state index in [1.54, 1.807) is 0 Å². The van der Waals surface area contributed by atoms with Gasteiger partial charge < -0.3 is 10.1 Å². The first kappa shape index (κ1) is 15.9. The normalized spacial score (nSPS) is 13.9. The smallest absolute Gasteiger partial charge is 0.142 e. The van der Waals surface area contributed by atoms with E-state index in [0.29, 0.717) is 12.6 Å². The van der Waals surface area contributed by atoms with Crippen molar-refractivity contribution in [2.75, 3.05) is 11.9 Å². The van der Waals surface area contributed by atoms with Gasteiger partial charge in [0, 0.05) is 6.04 Å². The number of aryl methyl sites for hydroxylation is 1. The number of benzene rings is 1. The standard InChI is InChI=1S/C17H29NO/c1-6-13(4)11-15(7-2)18-16-10-9-14(5)12-17(16)19-8-3/h9-10,12-13,15,18H,6-8,11H2,1-5H3. The molecule has 2 heteroatoms. The molecule has 1 aromatic rings. The van der Waals surface area contributed by atoms with Crippen LogP contribution >= 0.6 is 0 Å². The molecule has 2 nitrogen and oxygen atoms in total. The summed E-state index contributed by atoms with van der Waals surface area (Å²) >= 11 is 0. The quantitative estimate of drug-likeness (QED) is 0.711. The van der Waals surface area contributed by atoms with Crippen molar-refractivity contribution >= 4 is 5.69 Å². The summed E-state index contributed by atoms with van der Waals surface area (Å²) in [4.78, 5) is 0. The average Bonchev–Trinajstić information content (AvgIpc) is 2.40. The van der Waals surface area contributed by atoms with E-state index in [9.17, 15) is 0 Å². The highest BCUT2D eigenvalue weighted by Gasteiger charge is 2.12. The zero-order valence-electron chi connectivity index (χ0n) is 13.1. The highest BCUT2D eigenvalue weighted by molar-refractivity contribution is 5.58. The fourth-order valence-electron chi connectivity index (χ4n) is 2.22. The molecular weight excluding hydrogens is 234 g/mol. The largest absolute Gasteiger partial charge is 0.492 e. The number of anilines is 1. The molecular formula is C17H29NO. The van der Waals surface area contributed by atoms with Crippen molar-refractivity contribution in [3.8, 4) is 5.75 Å². The Morgan fingerprint density at radius 1 is 1.16 bits per heavy atom. The molecule has 0 aliphatic rings. The van der Waals surface area contributed by atoms with Crippen LogP contribution in [0.1, 0.15) is 52.5 Å². The third kappa shape index (κ3) is 5.14. The first-order chi connectivity index (χ1) is 9.10. The second kappa shape index (κ2) is 8.08. The van der Waals surface area contributed by atoms with Gasteiger partial charge in [-0.2, -0.15) is 0 Å². The number of hydrogen-bond donors (Lipinski definition) is 1. The molecule has 0 radical (unpaired) electrons. The molecule has 0 aliphatic heterocycles. The van der Waals surface area contributed by atoms with Gasteiger partial charge in [-0.25, -0.2) is 0 Å². The van der Waals surface area contributed by atoms with E-state index in [1.165, 1.54) is 18.4 Å². The van der Waals surface area contributed by atoms with Crippen LogP contribution in [0, 0.1) is 12.8 Å². The summed E-state index contributed by atoms with van der Waals surface area (Å²) in [5, 5.41) is 3.65. The third-order valence-corrected chi connectivity index (χ3v) is 3.67. The van der Waals surface area contributed by atoms with E-state index in [4.69, 9.17) is 4.74 Å². The van der Waals surface area contributed by atoms with Crippen molar-refractivity contribution in [1.29, 1.82) is 0 Å². The van der Waals surface area contributed by atoms with Crippen LogP contribution < -0.4 is 10.1 Å². The Kier molecular flexibility index (Phi) is 6.75. The minimum Gasteiger partial charge on any atom is -0.492 e. The van der Waals surface area contributed by atoms with Gasteiger partial charge in [0.1, 0.15) is 5.75 Å². The van der Waals surface area contributed by atoms with Crippen molar-refractivity contribution in [2.24, 2.45) is 5.92 Å². The topological polar surface area (TPSA) is 21.3 Å². The second-order valence-corrected chi connectivity index (χ2v) is 5.43. The Labute approximate surface area is 118 Å². The van der Waals surface area contributed by atoms with Crippen LogP contribution in [0.15, 0.2) is 18.2 Å². The van der Waals surface area contributed by atoms with Crippen LogP contribution in [-0.4, -0.2) is 12.6 Å². The molecule has 1 aromatic carbocycles. The summed E-state index contributed by atoms with van der Waals surface area (Å²) in [7, 11) is 0. The summed E-state index contributed by atoms with van der Waals surface area (Å²) in [6.45, 7) is 11.7. The molecule has 1 N–H and O–H groups in total. The van der Waals surface area contributed by atoms with Crippen LogP contribution in [0.25, 0.3) is 0 Å². The van der Waals surface area contributed by atoms with Crippen LogP contribution in [0.3, 0.4) is 0 Å². The molecule has 2 atom stereocenters. The Balaban J connectivity index is 2.78. The molecule has 0 saturated carbocycles. The first-order valence-electron chi connectivity index (χ1n) is 7.60. The van der Waals surface area contributed by atoms with Gasteiger partial charge in [0.25, 0.3) is 0 Å². The molecule has 0 aromatic heterocycles. The highest BCUT2D eigenvalue weighted by atomic mass is 16.5. The van der Waals surface area contributed by atoms with Crippen molar-refractivity contribution in [2.45, 2.75) is 59.9 Å². The van der Waals surface area contributed by atoms with E-state index in [1.807, 2.05) is 6.92 Å². The lowest BCUT2D eigenvalue weighted by atomic mass is 9.97. The van der Waals surface area contributed by atoms with E-state index >= 15 is 0 Å². The van der Waals surface area contributed by atoms with Gasteiger partial charge in [0.2, 0.25) is 0 Å². The van der Waals surface area contributed by atoms with E-state index in [2.05, 4.69) is 51.2 Å². The fraction of sp³-hybridized carbons (Fsp3) is 0.647. The number of rotatable bonds is 8. The third-order valence-electron chi connectivity index (χ3n) is 3.67. The summed E-state index contributed by atoms with van der Waals surface area (Å²) in [5.41, 5.74) is 2.37. The van der Waals surface area contributed by atoms with Gasteiger partial charge in [-0.15, -0.1) is 0 Å². The Bertz CT molecular complexity index is 376. The van der Waals surface area contributed by atoms with Crippen molar-refractivity contribution < 1.29 is 4.74 Å². The van der Waals surface area contributed by atoms with Gasteiger partial charge in [-0.1, -0.05) is 33.3 Å². The second-order valence-electron chi connectivity index (χ2n) is 5.43. The van der Waals surface area contributed by atoms with Crippen molar-refractivity contribution in [3.63, 3.8) is 0 Å². The highest BCUT2D eigenvalue weighted by Crippen LogP contribution is 2.28. The minimum absolute atomic E-state index is 0.525. The van der Waals surface area contributed by atoms with E-state index in [-0.39, 0.29) is 0 Å². The maximum Gasteiger partial charge on any atom is 0.142 e. The monoisotopic (exact) mass is 263 g/mol. The molecule has 0 aliphatic carbocycles. The Hall–Kier alpha value is -1.18. The predicted octanol–water partition coefficient (Wildman–Crippen LogP) is 5.02. The maximum absolute atomic E-state index is 5.73. The van der Waals surface area contributed by atoms with E-state index < -0.39 is 0 Å².